The van der Waals surface area contributed by atoms with E-state index in [9.17, 15) is 10.1 Å². The number of rotatable bonds is 3. The lowest BCUT2D eigenvalue weighted by molar-refractivity contribution is 0.0962. The van der Waals surface area contributed by atoms with Crippen LogP contribution in [0.25, 0.3) is 10.8 Å². The van der Waals surface area contributed by atoms with Gasteiger partial charge in [0.1, 0.15) is 0 Å². The molecule has 3 aromatic carbocycles. The second kappa shape index (κ2) is 5.37. The summed E-state index contributed by atoms with van der Waals surface area (Å²) < 4.78 is 0. The number of fused-ring (bicyclic) bond motifs is 1. The second-order valence-electron chi connectivity index (χ2n) is 6.01. The molecule has 0 unspecified atom stereocenters. The van der Waals surface area contributed by atoms with E-state index in [2.05, 4.69) is 30.3 Å². The molecule has 4 rings (SSSR count). The molecule has 1 aliphatic rings. The van der Waals surface area contributed by atoms with Crippen molar-refractivity contribution in [1.29, 1.82) is 5.26 Å². The predicted molar refractivity (Wildman–Crippen MR) is 90.1 cm³/mol. The zero-order valence-electron chi connectivity index (χ0n) is 12.5. The van der Waals surface area contributed by atoms with Crippen LogP contribution < -0.4 is 0 Å². The fourth-order valence-corrected chi connectivity index (χ4v) is 3.52. The maximum atomic E-state index is 12.7. The highest BCUT2D eigenvalue weighted by Gasteiger charge is 2.56. The number of ketones is 1. The molecule has 110 valence electrons. The normalized spacial score (nSPS) is 22.5. The summed E-state index contributed by atoms with van der Waals surface area (Å²) in [6, 6.07) is 25.9. The summed E-state index contributed by atoms with van der Waals surface area (Å²) in [7, 11) is 0. The van der Waals surface area contributed by atoms with E-state index in [1.54, 1.807) is 0 Å². The predicted octanol–water partition coefficient (Wildman–Crippen LogP) is 4.58. The largest absolute Gasteiger partial charge is 0.294 e. The van der Waals surface area contributed by atoms with Crippen LogP contribution in [0.15, 0.2) is 72.8 Å². The fourth-order valence-electron chi connectivity index (χ4n) is 3.52. The van der Waals surface area contributed by atoms with Gasteiger partial charge in [-0.2, -0.15) is 5.26 Å². The smallest absolute Gasteiger partial charge is 0.167 e. The third-order valence-electron chi connectivity index (χ3n) is 4.71. The summed E-state index contributed by atoms with van der Waals surface area (Å²) in [5, 5.41) is 11.8. The molecule has 1 fully saturated rings. The summed E-state index contributed by atoms with van der Waals surface area (Å²) in [4.78, 5) is 12.7. The van der Waals surface area contributed by atoms with E-state index in [0.29, 0.717) is 5.56 Å². The minimum Gasteiger partial charge on any atom is -0.294 e. The summed E-state index contributed by atoms with van der Waals surface area (Å²) in [5.41, 5.74) is 1.81. The van der Waals surface area contributed by atoms with Crippen LogP contribution in [-0.4, -0.2) is 5.78 Å². The standard InChI is InChI=1S/C21H15NO/c22-13-18-19(20(18)21(23)15-8-2-1-3-9-15)17-12-6-10-14-7-4-5-11-16(14)17/h1-12,18-20H/t18-,19-,20+/m0/s1. The van der Waals surface area contributed by atoms with E-state index in [1.807, 2.05) is 48.5 Å². The number of carbonyl (C=O) groups is 1. The Morgan fingerprint density at radius 1 is 0.870 bits per heavy atom. The molecule has 1 saturated carbocycles. The number of Topliss-reactive ketones (excluding diaryl/α,β-unsaturated/α-hetero) is 1. The molecule has 2 nitrogen and oxygen atoms in total. The molecule has 0 N–H and O–H groups in total. The first-order valence-corrected chi connectivity index (χ1v) is 7.78. The van der Waals surface area contributed by atoms with Gasteiger partial charge in [0.15, 0.2) is 5.78 Å². The van der Waals surface area contributed by atoms with Crippen molar-refractivity contribution in [2.24, 2.45) is 11.8 Å². The zero-order chi connectivity index (χ0) is 15.8. The first kappa shape index (κ1) is 13.7. The van der Waals surface area contributed by atoms with Gasteiger partial charge in [0.05, 0.1) is 12.0 Å². The average molecular weight is 297 g/mol. The van der Waals surface area contributed by atoms with Crippen molar-refractivity contribution in [1.82, 2.24) is 0 Å². The fraction of sp³-hybridized carbons (Fsp3) is 0.143. The van der Waals surface area contributed by atoms with Gasteiger partial charge in [0.25, 0.3) is 0 Å². The molecule has 0 saturated heterocycles. The molecule has 23 heavy (non-hydrogen) atoms. The Labute approximate surface area is 135 Å². The van der Waals surface area contributed by atoms with Crippen molar-refractivity contribution < 1.29 is 4.79 Å². The number of nitriles is 1. The molecule has 0 bridgehead atoms. The maximum absolute atomic E-state index is 12.7. The van der Waals surface area contributed by atoms with Crippen molar-refractivity contribution in [3.63, 3.8) is 0 Å². The number of hydrogen-bond acceptors (Lipinski definition) is 2. The second-order valence-corrected chi connectivity index (χ2v) is 6.01. The van der Waals surface area contributed by atoms with Crippen LogP contribution in [0.3, 0.4) is 0 Å². The van der Waals surface area contributed by atoms with Gasteiger partial charge in [-0.3, -0.25) is 4.79 Å². The van der Waals surface area contributed by atoms with Crippen molar-refractivity contribution >= 4 is 16.6 Å². The highest BCUT2D eigenvalue weighted by atomic mass is 16.1. The SMILES string of the molecule is N#C[C@@H]1[C@@H](C(=O)c2ccccc2)[C@H]1c1cccc2ccccc12. The van der Waals surface area contributed by atoms with Crippen LogP contribution in [0.5, 0.6) is 0 Å². The van der Waals surface area contributed by atoms with Gasteiger partial charge in [-0.05, 0) is 16.3 Å². The summed E-state index contributed by atoms with van der Waals surface area (Å²) in [6.07, 6.45) is 0. The number of nitrogens with zero attached hydrogens (tertiary/aromatic N) is 1. The molecular weight excluding hydrogens is 282 g/mol. The molecular formula is C21H15NO. The quantitative estimate of drug-likeness (QED) is 0.664. The first-order chi connectivity index (χ1) is 11.3. The Hall–Kier alpha value is -2.92. The number of hydrogen-bond donors (Lipinski definition) is 0. The minimum atomic E-state index is -0.229. The van der Waals surface area contributed by atoms with E-state index in [-0.39, 0.29) is 23.5 Å². The monoisotopic (exact) mass is 297 g/mol. The van der Waals surface area contributed by atoms with Gasteiger partial charge in [0, 0.05) is 17.4 Å². The Morgan fingerprint density at radius 3 is 2.35 bits per heavy atom. The van der Waals surface area contributed by atoms with Gasteiger partial charge in [-0.15, -0.1) is 0 Å². The third kappa shape index (κ3) is 2.22. The van der Waals surface area contributed by atoms with Crippen molar-refractivity contribution in [3.05, 3.63) is 83.9 Å². The van der Waals surface area contributed by atoms with Gasteiger partial charge < -0.3 is 0 Å². The zero-order valence-corrected chi connectivity index (χ0v) is 12.5. The van der Waals surface area contributed by atoms with Crippen molar-refractivity contribution in [2.45, 2.75) is 5.92 Å². The van der Waals surface area contributed by atoms with Crippen LogP contribution >= 0.6 is 0 Å². The third-order valence-corrected chi connectivity index (χ3v) is 4.71. The molecule has 2 heteroatoms. The van der Waals surface area contributed by atoms with E-state index >= 15 is 0 Å². The molecule has 3 atom stereocenters. The average Bonchev–Trinajstić information content (AvgIpc) is 3.35. The van der Waals surface area contributed by atoms with Crippen LogP contribution in [0.1, 0.15) is 21.8 Å². The molecule has 0 radical (unpaired) electrons. The topological polar surface area (TPSA) is 40.9 Å². The number of benzene rings is 3. The van der Waals surface area contributed by atoms with Gasteiger partial charge in [-0.1, -0.05) is 72.8 Å². The Balaban J connectivity index is 1.75. The lowest BCUT2D eigenvalue weighted by Gasteiger charge is -2.06. The Bertz CT molecular complexity index is 918. The number of carbonyl (C=O) groups excluding carboxylic acids is 1. The molecule has 0 aliphatic heterocycles. The first-order valence-electron chi connectivity index (χ1n) is 7.78. The Kier molecular flexibility index (Phi) is 3.20. The maximum Gasteiger partial charge on any atom is 0.167 e. The molecule has 0 heterocycles. The lowest BCUT2D eigenvalue weighted by atomic mass is 9.98. The van der Waals surface area contributed by atoms with Crippen LogP contribution in [0.2, 0.25) is 0 Å². The molecule has 1 aliphatic carbocycles. The Morgan fingerprint density at radius 2 is 1.57 bits per heavy atom. The lowest BCUT2D eigenvalue weighted by Crippen LogP contribution is -2.03. The molecule has 0 spiro atoms. The van der Waals surface area contributed by atoms with Gasteiger partial charge in [-0.25, -0.2) is 0 Å². The highest BCUT2D eigenvalue weighted by Crippen LogP contribution is 2.56. The van der Waals surface area contributed by atoms with Gasteiger partial charge >= 0.3 is 0 Å². The van der Waals surface area contributed by atoms with E-state index in [0.717, 1.165) is 16.3 Å². The molecule has 3 aromatic rings. The van der Waals surface area contributed by atoms with Crippen LogP contribution in [0.4, 0.5) is 0 Å². The molecule has 0 amide bonds. The van der Waals surface area contributed by atoms with Gasteiger partial charge in [0.2, 0.25) is 0 Å². The summed E-state index contributed by atoms with van der Waals surface area (Å²) in [6.45, 7) is 0. The van der Waals surface area contributed by atoms with E-state index in [4.69, 9.17) is 0 Å². The highest BCUT2D eigenvalue weighted by molar-refractivity contribution is 6.02. The van der Waals surface area contributed by atoms with Crippen LogP contribution in [-0.2, 0) is 0 Å². The van der Waals surface area contributed by atoms with E-state index < -0.39 is 0 Å². The summed E-state index contributed by atoms with van der Waals surface area (Å²) >= 11 is 0. The van der Waals surface area contributed by atoms with Crippen LogP contribution in [0, 0.1) is 23.2 Å². The van der Waals surface area contributed by atoms with E-state index in [1.165, 1.54) is 0 Å². The van der Waals surface area contributed by atoms with Crippen molar-refractivity contribution in [2.75, 3.05) is 0 Å². The van der Waals surface area contributed by atoms with Crippen molar-refractivity contribution in [3.8, 4) is 6.07 Å². The minimum absolute atomic E-state index is 0.00111. The molecule has 0 aromatic heterocycles. The summed E-state index contributed by atoms with van der Waals surface area (Å²) in [5.74, 6) is -0.379.